The normalized spacial score (nSPS) is 26.4. The number of carbonyl (C=O) groups excluding carboxylic acids is 1. The highest BCUT2D eigenvalue weighted by molar-refractivity contribution is 8.13. The number of thioether (sulfide) groups is 1. The van der Waals surface area contributed by atoms with Gasteiger partial charge in [0.2, 0.25) is 0 Å². The van der Waals surface area contributed by atoms with Crippen molar-refractivity contribution < 1.29 is 14.6 Å². The highest BCUT2D eigenvalue weighted by atomic mass is 32.2. The molecule has 1 aliphatic heterocycles. The van der Waals surface area contributed by atoms with Gasteiger partial charge < -0.3 is 0 Å². The summed E-state index contributed by atoms with van der Waals surface area (Å²) in [5.41, 5.74) is 0.342. The standard InChI is InChI=1S/C16H22O3S/c1-12(13-8-6-5-7-9-13)20-14(17)10-16(4)11-15(2,3)18-19-16/h5-9,12H,10-11H2,1-4H3. The maximum absolute atomic E-state index is 12.2. The van der Waals surface area contributed by atoms with Gasteiger partial charge in [0.1, 0.15) is 11.2 Å². The van der Waals surface area contributed by atoms with E-state index in [0.29, 0.717) is 6.42 Å². The van der Waals surface area contributed by atoms with E-state index in [4.69, 9.17) is 9.78 Å². The Morgan fingerprint density at radius 2 is 1.90 bits per heavy atom. The molecule has 0 saturated carbocycles. The van der Waals surface area contributed by atoms with Crippen LogP contribution < -0.4 is 0 Å². The third-order valence-electron chi connectivity index (χ3n) is 3.36. The van der Waals surface area contributed by atoms with Crippen molar-refractivity contribution >= 4 is 16.9 Å². The number of benzene rings is 1. The fourth-order valence-electron chi connectivity index (χ4n) is 2.60. The van der Waals surface area contributed by atoms with Gasteiger partial charge in [0, 0.05) is 18.1 Å². The third kappa shape index (κ3) is 4.08. The third-order valence-corrected chi connectivity index (χ3v) is 4.40. The SMILES string of the molecule is CC(SC(=O)CC1(C)CC(C)(C)OO1)c1ccccc1. The highest BCUT2D eigenvalue weighted by Crippen LogP contribution is 2.40. The van der Waals surface area contributed by atoms with Crippen LogP contribution in [0.1, 0.15) is 51.3 Å². The molecule has 1 aromatic rings. The molecule has 0 N–H and O–H groups in total. The lowest BCUT2D eigenvalue weighted by Gasteiger charge is -2.20. The summed E-state index contributed by atoms with van der Waals surface area (Å²) in [7, 11) is 0. The Balaban J connectivity index is 1.90. The first-order valence-electron chi connectivity index (χ1n) is 6.91. The number of carbonyl (C=O) groups is 1. The first-order valence-corrected chi connectivity index (χ1v) is 7.79. The van der Waals surface area contributed by atoms with Crippen LogP contribution in [0.3, 0.4) is 0 Å². The topological polar surface area (TPSA) is 35.5 Å². The summed E-state index contributed by atoms with van der Waals surface area (Å²) in [6.45, 7) is 7.94. The maximum Gasteiger partial charge on any atom is 0.192 e. The van der Waals surface area contributed by atoms with Crippen LogP contribution in [0.25, 0.3) is 0 Å². The molecule has 2 rings (SSSR count). The molecule has 20 heavy (non-hydrogen) atoms. The van der Waals surface area contributed by atoms with Crippen molar-refractivity contribution in [2.24, 2.45) is 0 Å². The van der Waals surface area contributed by atoms with Gasteiger partial charge in [0.15, 0.2) is 5.12 Å². The van der Waals surface area contributed by atoms with Crippen molar-refractivity contribution in [3.05, 3.63) is 35.9 Å². The molecule has 0 aromatic heterocycles. The van der Waals surface area contributed by atoms with E-state index in [9.17, 15) is 4.79 Å². The zero-order valence-corrected chi connectivity index (χ0v) is 13.3. The van der Waals surface area contributed by atoms with E-state index < -0.39 is 5.60 Å². The molecule has 0 radical (unpaired) electrons. The maximum atomic E-state index is 12.2. The van der Waals surface area contributed by atoms with Crippen molar-refractivity contribution in [2.75, 3.05) is 0 Å². The summed E-state index contributed by atoms with van der Waals surface area (Å²) in [5, 5.41) is 0.299. The molecule has 3 nitrogen and oxygen atoms in total. The second-order valence-electron chi connectivity index (χ2n) is 6.27. The first kappa shape index (κ1) is 15.5. The van der Waals surface area contributed by atoms with Crippen molar-refractivity contribution in [3.8, 4) is 0 Å². The van der Waals surface area contributed by atoms with E-state index >= 15 is 0 Å². The monoisotopic (exact) mass is 294 g/mol. The summed E-state index contributed by atoms with van der Waals surface area (Å²) >= 11 is 1.36. The molecule has 110 valence electrons. The zero-order chi connectivity index (χ0) is 14.8. The van der Waals surface area contributed by atoms with Gasteiger partial charge >= 0.3 is 0 Å². The number of rotatable bonds is 4. The minimum Gasteiger partial charge on any atom is -0.287 e. The highest BCUT2D eigenvalue weighted by Gasteiger charge is 2.44. The average molecular weight is 294 g/mol. The largest absolute Gasteiger partial charge is 0.287 e. The molecule has 2 unspecified atom stereocenters. The minimum absolute atomic E-state index is 0.144. The Morgan fingerprint density at radius 3 is 2.45 bits per heavy atom. The van der Waals surface area contributed by atoms with E-state index in [-0.39, 0.29) is 16.0 Å². The molecule has 2 atom stereocenters. The number of hydrogen-bond donors (Lipinski definition) is 0. The second-order valence-corrected chi connectivity index (χ2v) is 7.67. The van der Waals surface area contributed by atoms with Crippen molar-refractivity contribution in [1.29, 1.82) is 0 Å². The minimum atomic E-state index is -0.510. The predicted molar refractivity (Wildman–Crippen MR) is 81.3 cm³/mol. The molecule has 1 fully saturated rings. The van der Waals surface area contributed by atoms with Crippen LogP contribution in [0.5, 0.6) is 0 Å². The summed E-state index contributed by atoms with van der Waals surface area (Å²) < 4.78 is 0. The fraction of sp³-hybridized carbons (Fsp3) is 0.562. The van der Waals surface area contributed by atoms with Gasteiger partial charge in [0.05, 0.1) is 0 Å². The molecule has 1 aliphatic rings. The van der Waals surface area contributed by atoms with Crippen LogP contribution in [-0.4, -0.2) is 16.3 Å². The van der Waals surface area contributed by atoms with Crippen molar-refractivity contribution in [2.45, 2.75) is 57.0 Å². The average Bonchev–Trinajstić information content (AvgIpc) is 2.64. The van der Waals surface area contributed by atoms with Crippen LogP contribution in [0.15, 0.2) is 30.3 Å². The molecule has 1 heterocycles. The van der Waals surface area contributed by atoms with Gasteiger partial charge in [-0.15, -0.1) is 0 Å². The molecule has 0 bridgehead atoms. The van der Waals surface area contributed by atoms with Gasteiger partial charge in [-0.05, 0) is 33.3 Å². The molecule has 0 spiro atoms. The summed E-state index contributed by atoms with van der Waals surface area (Å²) in [5.74, 6) is 0. The summed E-state index contributed by atoms with van der Waals surface area (Å²) in [4.78, 5) is 22.9. The molecule has 0 amide bonds. The molecular weight excluding hydrogens is 272 g/mol. The Bertz CT molecular complexity index is 472. The quantitative estimate of drug-likeness (QED) is 0.776. The van der Waals surface area contributed by atoms with Gasteiger partial charge in [-0.2, -0.15) is 0 Å². The molecular formula is C16H22O3S. The fourth-order valence-corrected chi connectivity index (χ4v) is 3.68. The van der Waals surface area contributed by atoms with E-state index in [1.807, 2.05) is 51.1 Å². The lowest BCUT2D eigenvalue weighted by Crippen LogP contribution is -2.28. The number of hydrogen-bond acceptors (Lipinski definition) is 4. The van der Waals surface area contributed by atoms with Crippen LogP contribution in [-0.2, 0) is 14.6 Å². The lowest BCUT2D eigenvalue weighted by atomic mass is 9.90. The van der Waals surface area contributed by atoms with Crippen LogP contribution in [0, 0.1) is 0 Å². The molecule has 0 aliphatic carbocycles. The van der Waals surface area contributed by atoms with E-state index in [2.05, 4.69) is 6.92 Å². The van der Waals surface area contributed by atoms with E-state index in [0.717, 1.165) is 6.42 Å². The second kappa shape index (κ2) is 5.88. The lowest BCUT2D eigenvalue weighted by molar-refractivity contribution is -0.340. The zero-order valence-electron chi connectivity index (χ0n) is 12.5. The molecule has 1 saturated heterocycles. The van der Waals surface area contributed by atoms with Crippen LogP contribution in [0.2, 0.25) is 0 Å². The van der Waals surface area contributed by atoms with Gasteiger partial charge in [-0.25, -0.2) is 9.78 Å². The summed E-state index contributed by atoms with van der Waals surface area (Å²) in [6, 6.07) is 10.1. The van der Waals surface area contributed by atoms with Crippen molar-refractivity contribution in [1.82, 2.24) is 0 Å². The Labute approximate surface area is 125 Å². The van der Waals surface area contributed by atoms with Crippen LogP contribution in [0.4, 0.5) is 0 Å². The van der Waals surface area contributed by atoms with Gasteiger partial charge in [-0.1, -0.05) is 42.1 Å². The smallest absolute Gasteiger partial charge is 0.192 e. The predicted octanol–water partition coefficient (Wildman–Crippen LogP) is 4.29. The van der Waals surface area contributed by atoms with Gasteiger partial charge in [-0.3, -0.25) is 4.79 Å². The Kier molecular flexibility index (Phi) is 4.57. The van der Waals surface area contributed by atoms with E-state index in [1.54, 1.807) is 0 Å². The van der Waals surface area contributed by atoms with Crippen molar-refractivity contribution in [3.63, 3.8) is 0 Å². The summed E-state index contributed by atoms with van der Waals surface area (Å²) in [6.07, 6.45) is 1.10. The van der Waals surface area contributed by atoms with E-state index in [1.165, 1.54) is 17.3 Å². The molecule has 1 aromatic carbocycles. The first-order chi connectivity index (χ1) is 9.30. The Hall–Kier alpha value is -0.840. The van der Waals surface area contributed by atoms with Gasteiger partial charge in [0.25, 0.3) is 0 Å². The molecule has 4 heteroatoms. The Morgan fingerprint density at radius 1 is 1.25 bits per heavy atom. The van der Waals surface area contributed by atoms with Crippen LogP contribution >= 0.6 is 11.8 Å².